The number of halogens is 3. The molecule has 0 saturated heterocycles. The Morgan fingerprint density at radius 1 is 1.21 bits per heavy atom. The van der Waals surface area contributed by atoms with Gasteiger partial charge in [-0.1, -0.05) is 58.7 Å². The molecule has 0 unspecified atom stereocenters. The van der Waals surface area contributed by atoms with Gasteiger partial charge in [0.1, 0.15) is 5.52 Å². The smallest absolute Gasteiger partial charge is 0.257 e. The van der Waals surface area contributed by atoms with Crippen LogP contribution >= 0.6 is 46.6 Å². The van der Waals surface area contributed by atoms with Crippen LogP contribution in [-0.4, -0.2) is 16.1 Å². The van der Waals surface area contributed by atoms with Crippen LogP contribution in [0.15, 0.2) is 46.0 Å². The van der Waals surface area contributed by atoms with Crippen molar-refractivity contribution in [2.24, 2.45) is 0 Å². The normalized spacial score (nSPS) is 12.3. The summed E-state index contributed by atoms with van der Waals surface area (Å²) in [6.45, 7) is 1.74. The van der Waals surface area contributed by atoms with Crippen molar-refractivity contribution in [1.29, 1.82) is 0 Å². The molecule has 0 saturated carbocycles. The van der Waals surface area contributed by atoms with Crippen LogP contribution in [0.1, 0.15) is 6.92 Å². The maximum absolute atomic E-state index is 12.4. The van der Waals surface area contributed by atoms with Crippen molar-refractivity contribution >= 4 is 69.3 Å². The molecule has 1 atom stereocenters. The molecule has 3 aromatic rings. The van der Waals surface area contributed by atoms with Gasteiger partial charge in [0.05, 0.1) is 21.0 Å². The summed E-state index contributed by atoms with van der Waals surface area (Å²) in [5.74, 6) is -0.270. The number of carbonyl (C=O) groups is 1. The largest absolute Gasteiger partial charge is 0.431 e. The molecule has 4 nitrogen and oxygen atoms in total. The summed E-state index contributed by atoms with van der Waals surface area (Å²) in [6.07, 6.45) is 0. The molecule has 8 heteroatoms. The van der Waals surface area contributed by atoms with Gasteiger partial charge in [0.2, 0.25) is 5.91 Å². The molecule has 124 valence electrons. The van der Waals surface area contributed by atoms with Gasteiger partial charge in [-0.2, -0.15) is 0 Å². The lowest BCUT2D eigenvalue weighted by molar-refractivity contribution is -0.115. The zero-order valence-electron chi connectivity index (χ0n) is 12.3. The lowest BCUT2D eigenvalue weighted by atomic mass is 10.3. The molecule has 1 heterocycles. The fourth-order valence-electron chi connectivity index (χ4n) is 1.99. The second kappa shape index (κ2) is 7.23. The summed E-state index contributed by atoms with van der Waals surface area (Å²) in [5.41, 5.74) is 1.76. The minimum Gasteiger partial charge on any atom is -0.431 e. The Kier molecular flexibility index (Phi) is 5.25. The third kappa shape index (κ3) is 3.81. The molecule has 0 aliphatic carbocycles. The SMILES string of the molecule is C[C@H](Sc1nc2ccccc2o1)C(=O)Nc1c(Cl)cc(Cl)cc1Cl. The molecule has 0 aliphatic heterocycles. The van der Waals surface area contributed by atoms with E-state index >= 15 is 0 Å². The third-order valence-corrected chi connectivity index (χ3v) is 4.93. The van der Waals surface area contributed by atoms with Crippen LogP contribution in [0.25, 0.3) is 11.1 Å². The zero-order valence-corrected chi connectivity index (χ0v) is 15.4. The highest BCUT2D eigenvalue weighted by atomic mass is 35.5. The monoisotopic (exact) mass is 400 g/mol. The molecular weight excluding hydrogens is 391 g/mol. The first-order valence-corrected chi connectivity index (χ1v) is 8.93. The molecule has 1 N–H and O–H groups in total. The molecule has 0 radical (unpaired) electrons. The van der Waals surface area contributed by atoms with E-state index in [1.54, 1.807) is 6.92 Å². The van der Waals surface area contributed by atoms with Gasteiger partial charge in [-0.15, -0.1) is 0 Å². The number of nitrogens with zero attached hydrogens (tertiary/aromatic N) is 1. The highest BCUT2D eigenvalue weighted by Gasteiger charge is 2.20. The third-order valence-electron chi connectivity index (χ3n) is 3.18. The van der Waals surface area contributed by atoms with Gasteiger partial charge < -0.3 is 9.73 Å². The Labute approximate surface area is 157 Å². The number of aromatic nitrogens is 1. The Bertz CT molecular complexity index is 857. The van der Waals surface area contributed by atoms with E-state index in [1.807, 2.05) is 24.3 Å². The predicted octanol–water partition coefficient (Wildman–Crippen LogP) is 5.91. The lowest BCUT2D eigenvalue weighted by Crippen LogP contribution is -2.22. The Morgan fingerprint density at radius 3 is 2.54 bits per heavy atom. The van der Waals surface area contributed by atoms with Crippen molar-refractivity contribution in [3.05, 3.63) is 51.5 Å². The highest BCUT2D eigenvalue weighted by molar-refractivity contribution is 8.00. The molecule has 0 bridgehead atoms. The van der Waals surface area contributed by atoms with E-state index in [0.717, 1.165) is 5.52 Å². The molecule has 0 spiro atoms. The summed E-state index contributed by atoms with van der Waals surface area (Å²) in [5, 5.41) is 3.63. The summed E-state index contributed by atoms with van der Waals surface area (Å²) >= 11 is 19.2. The molecule has 0 fully saturated rings. The van der Waals surface area contributed by atoms with Gasteiger partial charge in [-0.3, -0.25) is 4.79 Å². The second-order valence-corrected chi connectivity index (χ2v) is 7.48. The highest BCUT2D eigenvalue weighted by Crippen LogP contribution is 2.34. The number of para-hydroxylation sites is 2. The number of nitrogens with one attached hydrogen (secondary N) is 1. The van der Waals surface area contributed by atoms with Crippen LogP contribution in [0.2, 0.25) is 15.1 Å². The van der Waals surface area contributed by atoms with Crippen LogP contribution in [0, 0.1) is 0 Å². The summed E-state index contributed by atoms with van der Waals surface area (Å²) < 4.78 is 5.60. The lowest BCUT2D eigenvalue weighted by Gasteiger charge is -2.13. The molecular formula is C16H11Cl3N2O2S. The fraction of sp³-hybridized carbons (Fsp3) is 0.125. The zero-order chi connectivity index (χ0) is 17.3. The number of hydrogen-bond donors (Lipinski definition) is 1. The van der Waals surface area contributed by atoms with Gasteiger partial charge in [0.25, 0.3) is 5.22 Å². The topological polar surface area (TPSA) is 55.1 Å². The first kappa shape index (κ1) is 17.4. The van der Waals surface area contributed by atoms with E-state index < -0.39 is 5.25 Å². The number of benzene rings is 2. The number of fused-ring (bicyclic) bond motifs is 1. The van der Waals surface area contributed by atoms with Crippen LogP contribution < -0.4 is 5.32 Å². The van der Waals surface area contributed by atoms with Gasteiger partial charge in [0.15, 0.2) is 5.58 Å². The average Bonchev–Trinajstić information content (AvgIpc) is 2.92. The fourth-order valence-corrected chi connectivity index (χ4v) is 3.66. The van der Waals surface area contributed by atoms with E-state index in [1.165, 1.54) is 23.9 Å². The van der Waals surface area contributed by atoms with Crippen molar-refractivity contribution in [2.45, 2.75) is 17.4 Å². The second-order valence-electron chi connectivity index (χ2n) is 4.94. The van der Waals surface area contributed by atoms with Crippen LogP contribution in [0.4, 0.5) is 5.69 Å². The van der Waals surface area contributed by atoms with Crippen molar-refractivity contribution < 1.29 is 9.21 Å². The van der Waals surface area contributed by atoms with E-state index in [-0.39, 0.29) is 16.0 Å². The van der Waals surface area contributed by atoms with E-state index in [0.29, 0.717) is 21.5 Å². The molecule has 24 heavy (non-hydrogen) atoms. The summed E-state index contributed by atoms with van der Waals surface area (Å²) in [7, 11) is 0. The Morgan fingerprint density at radius 2 is 1.88 bits per heavy atom. The van der Waals surface area contributed by atoms with Crippen molar-refractivity contribution in [1.82, 2.24) is 4.98 Å². The van der Waals surface area contributed by atoms with Crippen LogP contribution in [-0.2, 0) is 4.79 Å². The number of anilines is 1. The minimum absolute atomic E-state index is 0.270. The summed E-state index contributed by atoms with van der Waals surface area (Å²) in [6, 6.07) is 10.4. The number of thioether (sulfide) groups is 1. The van der Waals surface area contributed by atoms with Crippen LogP contribution in [0.3, 0.4) is 0 Å². The van der Waals surface area contributed by atoms with E-state index in [2.05, 4.69) is 10.3 Å². The molecule has 1 amide bonds. The quantitative estimate of drug-likeness (QED) is 0.552. The molecule has 1 aromatic heterocycles. The number of hydrogen-bond acceptors (Lipinski definition) is 4. The van der Waals surface area contributed by atoms with E-state index in [9.17, 15) is 4.79 Å². The number of oxazole rings is 1. The van der Waals surface area contributed by atoms with Crippen molar-refractivity contribution in [3.63, 3.8) is 0 Å². The maximum atomic E-state index is 12.4. The van der Waals surface area contributed by atoms with Gasteiger partial charge >= 0.3 is 0 Å². The van der Waals surface area contributed by atoms with Gasteiger partial charge in [-0.05, 0) is 31.2 Å². The van der Waals surface area contributed by atoms with Crippen molar-refractivity contribution in [2.75, 3.05) is 5.32 Å². The van der Waals surface area contributed by atoms with Crippen molar-refractivity contribution in [3.8, 4) is 0 Å². The van der Waals surface area contributed by atoms with Gasteiger partial charge in [-0.25, -0.2) is 4.98 Å². The number of carbonyl (C=O) groups excluding carboxylic acids is 1. The number of amides is 1. The molecule has 0 aliphatic rings. The summed E-state index contributed by atoms with van der Waals surface area (Å²) in [4.78, 5) is 16.7. The molecule has 3 rings (SSSR count). The average molecular weight is 402 g/mol. The number of rotatable bonds is 4. The first-order chi connectivity index (χ1) is 11.4. The first-order valence-electron chi connectivity index (χ1n) is 6.91. The minimum atomic E-state index is -0.458. The Hall–Kier alpha value is -1.40. The molecule has 2 aromatic carbocycles. The van der Waals surface area contributed by atoms with Crippen LogP contribution in [0.5, 0.6) is 0 Å². The predicted molar refractivity (Wildman–Crippen MR) is 99.4 cm³/mol. The Balaban J connectivity index is 1.73. The van der Waals surface area contributed by atoms with E-state index in [4.69, 9.17) is 39.2 Å². The standard InChI is InChI=1S/C16H11Cl3N2O2S/c1-8(24-16-20-12-4-2-3-5-13(12)23-16)15(22)21-14-10(18)6-9(17)7-11(14)19/h2-8H,1H3,(H,21,22)/t8-/m0/s1. The maximum Gasteiger partial charge on any atom is 0.257 e. The van der Waals surface area contributed by atoms with Gasteiger partial charge in [0, 0.05) is 5.02 Å².